The Morgan fingerprint density at radius 2 is 2.05 bits per heavy atom. The lowest BCUT2D eigenvalue weighted by atomic mass is 10.0. The number of furan rings is 1. The maximum Gasteiger partial charge on any atom is 0.287 e. The highest BCUT2D eigenvalue weighted by Crippen LogP contribution is 2.13. The van der Waals surface area contributed by atoms with Crippen molar-refractivity contribution in [2.24, 2.45) is 0 Å². The Kier molecular flexibility index (Phi) is 5.38. The Bertz CT molecular complexity index is 490. The molecule has 0 bridgehead atoms. The highest BCUT2D eigenvalue weighted by molar-refractivity contribution is 5.91. The molecule has 2 heterocycles. The highest BCUT2D eigenvalue weighted by Gasteiger charge is 2.23. The highest BCUT2D eigenvalue weighted by atomic mass is 16.3. The quantitative estimate of drug-likeness (QED) is 0.841. The summed E-state index contributed by atoms with van der Waals surface area (Å²) in [5, 5.41) is 5.62. The van der Waals surface area contributed by atoms with Crippen LogP contribution < -0.4 is 10.6 Å². The minimum absolute atomic E-state index is 0.0279. The largest absolute Gasteiger partial charge is 0.456 e. The standard InChI is InChI=1S/C15H23N3O3/c1-3-12-4-5-13(21-12)15(20)17-11-6-8-18(9-7-11)10-14(19)16-2/h4-5,11H,3,6-10H2,1-2H3,(H,16,19)(H,17,20). The maximum atomic E-state index is 12.1. The van der Waals surface area contributed by atoms with Crippen LogP contribution in [-0.2, 0) is 11.2 Å². The molecule has 0 atom stereocenters. The monoisotopic (exact) mass is 293 g/mol. The molecule has 0 aliphatic carbocycles. The van der Waals surface area contributed by atoms with Gasteiger partial charge in [0.2, 0.25) is 5.91 Å². The lowest BCUT2D eigenvalue weighted by molar-refractivity contribution is -0.122. The van der Waals surface area contributed by atoms with Crippen molar-refractivity contribution in [2.75, 3.05) is 26.7 Å². The van der Waals surface area contributed by atoms with E-state index in [0.29, 0.717) is 12.3 Å². The molecule has 1 aromatic rings. The van der Waals surface area contributed by atoms with E-state index in [2.05, 4.69) is 15.5 Å². The van der Waals surface area contributed by atoms with E-state index in [1.54, 1.807) is 13.1 Å². The number of nitrogens with one attached hydrogen (secondary N) is 2. The summed E-state index contributed by atoms with van der Waals surface area (Å²) < 4.78 is 5.45. The number of hydrogen-bond acceptors (Lipinski definition) is 4. The van der Waals surface area contributed by atoms with E-state index in [9.17, 15) is 9.59 Å². The number of hydrogen-bond donors (Lipinski definition) is 2. The molecule has 0 saturated carbocycles. The number of nitrogens with zero attached hydrogens (tertiary/aromatic N) is 1. The van der Waals surface area contributed by atoms with Crippen molar-refractivity contribution >= 4 is 11.8 Å². The zero-order valence-corrected chi connectivity index (χ0v) is 12.6. The zero-order chi connectivity index (χ0) is 15.2. The Labute approximate surface area is 124 Å². The van der Waals surface area contributed by atoms with Crippen LogP contribution in [0.3, 0.4) is 0 Å². The summed E-state index contributed by atoms with van der Waals surface area (Å²) in [6.45, 7) is 4.05. The third kappa shape index (κ3) is 4.32. The van der Waals surface area contributed by atoms with Crippen LogP contribution in [0, 0.1) is 0 Å². The number of likely N-dealkylation sites (N-methyl/N-ethyl adjacent to an activating group) is 1. The van der Waals surface area contributed by atoms with Crippen LogP contribution in [0.1, 0.15) is 36.1 Å². The molecule has 0 aromatic carbocycles. The first-order chi connectivity index (χ1) is 10.1. The maximum absolute atomic E-state index is 12.1. The fourth-order valence-electron chi connectivity index (χ4n) is 2.46. The van der Waals surface area contributed by atoms with Gasteiger partial charge in [0.1, 0.15) is 5.76 Å². The molecule has 21 heavy (non-hydrogen) atoms. The third-order valence-corrected chi connectivity index (χ3v) is 3.80. The number of amides is 2. The second-order valence-corrected chi connectivity index (χ2v) is 5.32. The van der Waals surface area contributed by atoms with Crippen molar-refractivity contribution in [1.29, 1.82) is 0 Å². The Balaban J connectivity index is 1.77. The van der Waals surface area contributed by atoms with Crippen molar-refractivity contribution in [3.8, 4) is 0 Å². The van der Waals surface area contributed by atoms with Crippen LogP contribution in [0.2, 0.25) is 0 Å². The third-order valence-electron chi connectivity index (χ3n) is 3.80. The van der Waals surface area contributed by atoms with Crippen LogP contribution in [0.25, 0.3) is 0 Å². The van der Waals surface area contributed by atoms with Gasteiger partial charge in [-0.15, -0.1) is 0 Å². The molecule has 1 aromatic heterocycles. The summed E-state index contributed by atoms with van der Waals surface area (Å²) in [7, 11) is 1.64. The number of aryl methyl sites for hydroxylation is 1. The van der Waals surface area contributed by atoms with Gasteiger partial charge in [-0.25, -0.2) is 0 Å². The Morgan fingerprint density at radius 3 is 2.62 bits per heavy atom. The molecule has 2 amide bonds. The van der Waals surface area contributed by atoms with Gasteiger partial charge in [-0.2, -0.15) is 0 Å². The van der Waals surface area contributed by atoms with Gasteiger partial charge in [0.15, 0.2) is 5.76 Å². The molecule has 0 unspecified atom stereocenters. The van der Waals surface area contributed by atoms with Gasteiger partial charge < -0.3 is 15.1 Å². The number of carbonyl (C=O) groups is 2. The summed E-state index contributed by atoms with van der Waals surface area (Å²) in [5.74, 6) is 1.07. The molecule has 1 aliphatic heterocycles. The van der Waals surface area contributed by atoms with Gasteiger partial charge in [-0.1, -0.05) is 6.92 Å². The summed E-state index contributed by atoms with van der Waals surface area (Å²) in [4.78, 5) is 25.5. The van der Waals surface area contributed by atoms with E-state index in [-0.39, 0.29) is 17.9 Å². The van der Waals surface area contributed by atoms with Crippen LogP contribution in [0.15, 0.2) is 16.5 Å². The minimum atomic E-state index is -0.153. The molecule has 2 rings (SSSR count). The van der Waals surface area contributed by atoms with E-state index in [1.165, 1.54) is 0 Å². The average Bonchev–Trinajstić information content (AvgIpc) is 2.98. The van der Waals surface area contributed by atoms with Crippen LogP contribution >= 0.6 is 0 Å². The van der Waals surface area contributed by atoms with Crippen molar-refractivity contribution in [3.05, 3.63) is 23.7 Å². The topological polar surface area (TPSA) is 74.6 Å². The van der Waals surface area contributed by atoms with Gasteiger partial charge in [0.25, 0.3) is 5.91 Å². The van der Waals surface area contributed by atoms with Crippen molar-refractivity contribution in [1.82, 2.24) is 15.5 Å². The molecule has 0 radical (unpaired) electrons. The van der Waals surface area contributed by atoms with Gasteiger partial charge in [0.05, 0.1) is 6.54 Å². The summed E-state index contributed by atoms with van der Waals surface area (Å²) in [5.41, 5.74) is 0. The van der Waals surface area contributed by atoms with Crippen LogP contribution in [0.5, 0.6) is 0 Å². The van der Waals surface area contributed by atoms with E-state index >= 15 is 0 Å². The molecule has 0 spiro atoms. The second kappa shape index (κ2) is 7.26. The molecule has 1 fully saturated rings. The molecule has 1 aliphatic rings. The van der Waals surface area contributed by atoms with Crippen molar-refractivity contribution in [2.45, 2.75) is 32.2 Å². The number of likely N-dealkylation sites (tertiary alicyclic amines) is 1. The molecular formula is C15H23N3O3. The SMILES string of the molecule is CCc1ccc(C(=O)NC2CCN(CC(=O)NC)CC2)o1. The molecule has 6 nitrogen and oxygen atoms in total. The number of rotatable bonds is 5. The normalized spacial score (nSPS) is 16.7. The van der Waals surface area contributed by atoms with Gasteiger partial charge in [-0.3, -0.25) is 14.5 Å². The van der Waals surface area contributed by atoms with E-state index in [4.69, 9.17) is 4.42 Å². The molecule has 2 N–H and O–H groups in total. The first-order valence-corrected chi connectivity index (χ1v) is 7.45. The fourth-order valence-corrected chi connectivity index (χ4v) is 2.46. The number of carbonyl (C=O) groups excluding carboxylic acids is 2. The fraction of sp³-hybridized carbons (Fsp3) is 0.600. The van der Waals surface area contributed by atoms with Gasteiger partial charge in [-0.05, 0) is 25.0 Å². The molecule has 116 valence electrons. The van der Waals surface area contributed by atoms with Crippen molar-refractivity contribution < 1.29 is 14.0 Å². The predicted octanol–water partition coefficient (Wildman–Crippen LogP) is 0.782. The van der Waals surface area contributed by atoms with Crippen LogP contribution in [-0.4, -0.2) is 49.4 Å². The summed E-state index contributed by atoms with van der Waals surface area (Å²) >= 11 is 0. The molecule has 6 heteroatoms. The lowest BCUT2D eigenvalue weighted by Crippen LogP contribution is -2.47. The zero-order valence-electron chi connectivity index (χ0n) is 12.6. The van der Waals surface area contributed by atoms with Crippen molar-refractivity contribution in [3.63, 3.8) is 0 Å². The number of piperidine rings is 1. The van der Waals surface area contributed by atoms with Gasteiger partial charge >= 0.3 is 0 Å². The van der Waals surface area contributed by atoms with Gasteiger partial charge in [0, 0.05) is 32.6 Å². The van der Waals surface area contributed by atoms with Crippen LogP contribution in [0.4, 0.5) is 0 Å². The smallest absolute Gasteiger partial charge is 0.287 e. The summed E-state index contributed by atoms with van der Waals surface area (Å²) in [6, 6.07) is 3.70. The average molecular weight is 293 g/mol. The Hall–Kier alpha value is -1.82. The minimum Gasteiger partial charge on any atom is -0.456 e. The van der Waals surface area contributed by atoms with E-state index in [1.807, 2.05) is 13.0 Å². The van der Waals surface area contributed by atoms with E-state index < -0.39 is 0 Å². The van der Waals surface area contributed by atoms with E-state index in [0.717, 1.165) is 38.1 Å². The lowest BCUT2D eigenvalue weighted by Gasteiger charge is -2.31. The second-order valence-electron chi connectivity index (χ2n) is 5.32. The molecular weight excluding hydrogens is 270 g/mol. The predicted molar refractivity (Wildman–Crippen MR) is 79.1 cm³/mol. The first kappa shape index (κ1) is 15.6. The summed E-state index contributed by atoms with van der Waals surface area (Å²) in [6.07, 6.45) is 2.49. The first-order valence-electron chi connectivity index (χ1n) is 7.45. The molecule has 1 saturated heterocycles. The Morgan fingerprint density at radius 1 is 1.33 bits per heavy atom.